The van der Waals surface area contributed by atoms with E-state index in [0.717, 1.165) is 19.2 Å². The lowest BCUT2D eigenvalue weighted by molar-refractivity contribution is -0.274. The molecule has 0 atom stereocenters. The van der Waals surface area contributed by atoms with Crippen molar-refractivity contribution in [2.24, 2.45) is 0 Å². The van der Waals surface area contributed by atoms with Gasteiger partial charge in [0.2, 0.25) is 0 Å². The van der Waals surface area contributed by atoms with E-state index in [2.05, 4.69) is 9.47 Å². The normalized spacial score (nSPS) is 10.7. The molecule has 0 aliphatic heterocycles. The van der Waals surface area contributed by atoms with Gasteiger partial charge in [-0.3, -0.25) is 0 Å². The van der Waals surface area contributed by atoms with Gasteiger partial charge in [0, 0.05) is 0 Å². The van der Waals surface area contributed by atoms with Gasteiger partial charge in [-0.1, -0.05) is 6.92 Å². The lowest BCUT2D eigenvalue weighted by Crippen LogP contribution is -2.18. The lowest BCUT2D eigenvalue weighted by atomic mass is 9.99. The Bertz CT molecular complexity index is 532. The van der Waals surface area contributed by atoms with Crippen LogP contribution in [0.4, 0.5) is 13.2 Å². The average molecular weight is 273 g/mol. The Hall–Kier alpha value is -2.23. The number of esters is 1. The third kappa shape index (κ3) is 3.61. The molecule has 0 N–H and O–H groups in total. The fourth-order valence-corrected chi connectivity index (χ4v) is 1.61. The fourth-order valence-electron chi connectivity index (χ4n) is 1.61. The van der Waals surface area contributed by atoms with Gasteiger partial charge < -0.3 is 9.47 Å². The van der Waals surface area contributed by atoms with E-state index >= 15 is 0 Å². The minimum Gasteiger partial charge on any atom is -0.465 e. The summed E-state index contributed by atoms with van der Waals surface area (Å²) in [4.78, 5) is 11.5. The first-order valence-electron chi connectivity index (χ1n) is 5.23. The number of alkyl halides is 3. The number of rotatable bonds is 3. The molecule has 0 aromatic heterocycles. The number of nitrogens with zero attached hydrogens (tertiary/aromatic N) is 1. The molecule has 1 aromatic rings. The number of nitriles is 1. The van der Waals surface area contributed by atoms with Crippen molar-refractivity contribution in [3.63, 3.8) is 0 Å². The smallest absolute Gasteiger partial charge is 0.465 e. The third-order valence-corrected chi connectivity index (χ3v) is 2.34. The highest BCUT2D eigenvalue weighted by Gasteiger charge is 2.32. The first kappa shape index (κ1) is 14.8. The number of hydrogen-bond donors (Lipinski definition) is 0. The highest BCUT2D eigenvalue weighted by atomic mass is 19.4. The zero-order chi connectivity index (χ0) is 14.6. The van der Waals surface area contributed by atoms with E-state index in [4.69, 9.17) is 5.26 Å². The van der Waals surface area contributed by atoms with Crippen LogP contribution in [-0.4, -0.2) is 19.4 Å². The molecular weight excluding hydrogens is 263 g/mol. The van der Waals surface area contributed by atoms with Crippen LogP contribution >= 0.6 is 0 Å². The van der Waals surface area contributed by atoms with Crippen LogP contribution in [0.15, 0.2) is 12.1 Å². The lowest BCUT2D eigenvalue weighted by Gasteiger charge is -2.13. The molecule has 0 spiro atoms. The van der Waals surface area contributed by atoms with Crippen molar-refractivity contribution in [2.45, 2.75) is 19.7 Å². The van der Waals surface area contributed by atoms with Crippen LogP contribution in [0.2, 0.25) is 0 Å². The monoisotopic (exact) mass is 273 g/mol. The van der Waals surface area contributed by atoms with Crippen molar-refractivity contribution in [2.75, 3.05) is 7.11 Å². The molecule has 1 rings (SSSR count). The molecule has 0 amide bonds. The second kappa shape index (κ2) is 5.61. The van der Waals surface area contributed by atoms with E-state index in [9.17, 15) is 18.0 Å². The van der Waals surface area contributed by atoms with E-state index in [0.29, 0.717) is 12.0 Å². The van der Waals surface area contributed by atoms with E-state index in [-0.39, 0.29) is 11.1 Å². The van der Waals surface area contributed by atoms with Gasteiger partial charge in [0.1, 0.15) is 5.75 Å². The highest BCUT2D eigenvalue weighted by Crippen LogP contribution is 2.28. The van der Waals surface area contributed by atoms with Gasteiger partial charge in [0.25, 0.3) is 0 Å². The van der Waals surface area contributed by atoms with Crippen LogP contribution in [0.3, 0.4) is 0 Å². The number of carbonyl (C=O) groups excluding carboxylic acids is 1. The summed E-state index contributed by atoms with van der Waals surface area (Å²) in [6, 6.07) is 3.60. The molecule has 102 valence electrons. The van der Waals surface area contributed by atoms with Crippen molar-refractivity contribution in [3.05, 3.63) is 28.8 Å². The Kier molecular flexibility index (Phi) is 4.38. The number of benzene rings is 1. The Labute approximate surface area is 107 Å². The number of ether oxygens (including phenoxy) is 2. The highest BCUT2D eigenvalue weighted by molar-refractivity contribution is 5.92. The molecular formula is C12H10F3NO3. The quantitative estimate of drug-likeness (QED) is 0.794. The summed E-state index contributed by atoms with van der Waals surface area (Å²) in [7, 11) is 1.10. The van der Waals surface area contributed by atoms with E-state index in [1.807, 2.05) is 0 Å². The molecule has 0 heterocycles. The molecule has 0 aliphatic rings. The minimum absolute atomic E-state index is 0.0512. The maximum Gasteiger partial charge on any atom is 0.573 e. The predicted molar refractivity (Wildman–Crippen MR) is 58.6 cm³/mol. The second-order valence-corrected chi connectivity index (χ2v) is 3.50. The molecule has 0 radical (unpaired) electrons. The summed E-state index contributed by atoms with van der Waals surface area (Å²) in [5.74, 6) is -1.44. The van der Waals surface area contributed by atoms with Crippen LogP contribution in [0.1, 0.15) is 28.4 Å². The molecule has 7 heteroatoms. The van der Waals surface area contributed by atoms with Gasteiger partial charge in [-0.2, -0.15) is 5.26 Å². The molecule has 0 aliphatic carbocycles. The van der Waals surface area contributed by atoms with Crippen LogP contribution < -0.4 is 4.74 Å². The van der Waals surface area contributed by atoms with Gasteiger partial charge in [-0.05, 0) is 24.1 Å². The summed E-state index contributed by atoms with van der Waals surface area (Å²) in [5.41, 5.74) is 0.164. The Morgan fingerprint density at radius 2 is 2.05 bits per heavy atom. The van der Waals surface area contributed by atoms with E-state index in [1.54, 1.807) is 13.0 Å². The summed E-state index contributed by atoms with van der Waals surface area (Å²) in [6.45, 7) is 1.67. The summed E-state index contributed by atoms with van der Waals surface area (Å²) in [6.07, 6.45) is -4.59. The SMILES string of the molecule is CCc1c(C#N)cc(OC(F)(F)F)cc1C(=O)OC. The molecule has 0 bridgehead atoms. The van der Waals surface area contributed by atoms with Crippen LogP contribution in [0.25, 0.3) is 0 Å². The van der Waals surface area contributed by atoms with Crippen LogP contribution in [-0.2, 0) is 11.2 Å². The van der Waals surface area contributed by atoms with Crippen LogP contribution in [0, 0.1) is 11.3 Å². The average Bonchev–Trinajstić information content (AvgIpc) is 2.34. The predicted octanol–water partition coefficient (Wildman–Crippen LogP) is 2.81. The molecule has 0 unspecified atom stereocenters. The van der Waals surface area contributed by atoms with Crippen molar-refractivity contribution >= 4 is 5.97 Å². The molecule has 19 heavy (non-hydrogen) atoms. The molecule has 0 saturated heterocycles. The van der Waals surface area contributed by atoms with Gasteiger partial charge in [-0.25, -0.2) is 4.79 Å². The number of hydrogen-bond acceptors (Lipinski definition) is 4. The number of methoxy groups -OCH3 is 1. The maximum absolute atomic E-state index is 12.2. The zero-order valence-electron chi connectivity index (χ0n) is 10.2. The van der Waals surface area contributed by atoms with Gasteiger partial charge in [0.05, 0.1) is 24.3 Å². The van der Waals surface area contributed by atoms with Gasteiger partial charge in [-0.15, -0.1) is 13.2 Å². The van der Waals surface area contributed by atoms with Gasteiger partial charge >= 0.3 is 12.3 Å². The second-order valence-electron chi connectivity index (χ2n) is 3.50. The largest absolute Gasteiger partial charge is 0.573 e. The van der Waals surface area contributed by atoms with Crippen molar-refractivity contribution in [3.8, 4) is 11.8 Å². The Balaban J connectivity index is 3.39. The van der Waals surface area contributed by atoms with Crippen molar-refractivity contribution in [1.29, 1.82) is 5.26 Å². The first-order valence-corrected chi connectivity index (χ1v) is 5.23. The van der Waals surface area contributed by atoms with Gasteiger partial charge in [0.15, 0.2) is 0 Å². The molecule has 0 fully saturated rings. The minimum atomic E-state index is -4.89. The fraction of sp³-hybridized carbons (Fsp3) is 0.333. The van der Waals surface area contributed by atoms with E-state index in [1.165, 1.54) is 0 Å². The van der Waals surface area contributed by atoms with Crippen molar-refractivity contribution in [1.82, 2.24) is 0 Å². The van der Waals surface area contributed by atoms with Crippen molar-refractivity contribution < 1.29 is 27.4 Å². The van der Waals surface area contributed by atoms with Crippen LogP contribution in [0.5, 0.6) is 5.75 Å². The molecule has 1 aromatic carbocycles. The number of carbonyl (C=O) groups is 1. The molecule has 4 nitrogen and oxygen atoms in total. The standard InChI is InChI=1S/C12H10F3NO3/c1-3-9-7(6-16)4-8(19-12(13,14)15)5-10(9)11(17)18-2/h4-5H,3H2,1-2H3. The number of halogens is 3. The molecule has 0 saturated carbocycles. The zero-order valence-corrected chi connectivity index (χ0v) is 10.2. The summed E-state index contributed by atoms with van der Waals surface area (Å²) < 4.78 is 44.7. The third-order valence-electron chi connectivity index (χ3n) is 2.34. The topological polar surface area (TPSA) is 59.3 Å². The maximum atomic E-state index is 12.2. The summed E-state index contributed by atoms with van der Waals surface area (Å²) in [5, 5.41) is 8.91. The Morgan fingerprint density at radius 1 is 1.42 bits per heavy atom. The summed E-state index contributed by atoms with van der Waals surface area (Å²) >= 11 is 0. The Morgan fingerprint density at radius 3 is 2.47 bits per heavy atom. The van der Waals surface area contributed by atoms with E-state index < -0.39 is 18.1 Å². The first-order chi connectivity index (χ1) is 8.82.